The van der Waals surface area contributed by atoms with Crippen molar-refractivity contribution in [3.05, 3.63) is 70.2 Å². The summed E-state index contributed by atoms with van der Waals surface area (Å²) in [7, 11) is 4.30. The molecular formula is C25H27ClN2O8. The van der Waals surface area contributed by atoms with Gasteiger partial charge < -0.3 is 39.0 Å². The van der Waals surface area contributed by atoms with Gasteiger partial charge in [0, 0.05) is 12.1 Å². The van der Waals surface area contributed by atoms with E-state index in [4.69, 9.17) is 35.3 Å². The minimum Gasteiger partial charge on any atom is -0.481 e. The molecule has 0 saturated carbocycles. The van der Waals surface area contributed by atoms with Crippen molar-refractivity contribution < 1.29 is 39.0 Å². The fourth-order valence-corrected chi connectivity index (χ4v) is 4.06. The van der Waals surface area contributed by atoms with Crippen molar-refractivity contribution in [1.82, 2.24) is 9.97 Å². The van der Waals surface area contributed by atoms with Crippen LogP contribution in [-0.4, -0.2) is 71.2 Å². The molecule has 1 saturated heterocycles. The molecule has 0 radical (unpaired) electrons. The molecule has 0 bridgehead atoms. The van der Waals surface area contributed by atoms with E-state index in [9.17, 15) is 15.3 Å². The van der Waals surface area contributed by atoms with Gasteiger partial charge in [0.1, 0.15) is 30.2 Å². The van der Waals surface area contributed by atoms with Crippen molar-refractivity contribution in [3.8, 4) is 23.5 Å². The molecule has 11 heteroatoms. The number of methoxy groups -OCH3 is 3. The lowest BCUT2D eigenvalue weighted by atomic mass is 9.92. The van der Waals surface area contributed by atoms with E-state index in [1.807, 2.05) is 12.1 Å². The molecule has 3 N–H and O–H groups in total. The molecule has 2 heterocycles. The Labute approximate surface area is 213 Å². The smallest absolute Gasteiger partial charge is 0.322 e. The van der Waals surface area contributed by atoms with Crippen LogP contribution in [0.3, 0.4) is 0 Å². The van der Waals surface area contributed by atoms with Crippen LogP contribution in [0.1, 0.15) is 22.8 Å². The number of ether oxygens (including phenoxy) is 5. The summed E-state index contributed by atoms with van der Waals surface area (Å²) in [6.45, 7) is 0. The SMILES string of the molecule is COc1cc(Oc2ccc(Cc3cc([C@@H]4OC(OC)[C@@H](O)[C@H](O)[C@H]4O)ccc3Cl)cc2)nc(OC)n1. The van der Waals surface area contributed by atoms with Crippen molar-refractivity contribution in [2.24, 2.45) is 0 Å². The largest absolute Gasteiger partial charge is 0.481 e. The Bertz CT molecular complexity index is 1150. The first-order valence-electron chi connectivity index (χ1n) is 11.1. The number of aliphatic hydroxyl groups excluding tert-OH is 3. The van der Waals surface area contributed by atoms with E-state index >= 15 is 0 Å². The second-order valence-electron chi connectivity index (χ2n) is 8.14. The molecule has 3 aromatic rings. The maximum atomic E-state index is 10.5. The minimum absolute atomic E-state index is 0.126. The fraction of sp³-hybridized carbons (Fsp3) is 0.360. The van der Waals surface area contributed by atoms with Crippen molar-refractivity contribution in [2.45, 2.75) is 37.1 Å². The molecule has 36 heavy (non-hydrogen) atoms. The third kappa shape index (κ3) is 5.70. The Morgan fingerprint density at radius 2 is 1.58 bits per heavy atom. The molecule has 1 fully saturated rings. The number of benzene rings is 2. The molecule has 4 rings (SSSR count). The number of nitrogens with zero attached hydrogens (tertiary/aromatic N) is 2. The summed E-state index contributed by atoms with van der Waals surface area (Å²) in [5, 5.41) is 31.2. The van der Waals surface area contributed by atoms with Gasteiger partial charge in [0.2, 0.25) is 11.8 Å². The highest BCUT2D eigenvalue weighted by atomic mass is 35.5. The highest BCUT2D eigenvalue weighted by molar-refractivity contribution is 6.31. The highest BCUT2D eigenvalue weighted by Gasteiger charge is 2.44. The molecule has 10 nitrogen and oxygen atoms in total. The van der Waals surface area contributed by atoms with Crippen molar-refractivity contribution in [2.75, 3.05) is 21.3 Å². The number of hydrogen-bond acceptors (Lipinski definition) is 10. The monoisotopic (exact) mass is 518 g/mol. The second kappa shape index (κ2) is 11.4. The van der Waals surface area contributed by atoms with Crippen LogP contribution in [0.25, 0.3) is 0 Å². The number of aromatic nitrogens is 2. The van der Waals surface area contributed by atoms with E-state index in [-0.39, 0.29) is 11.9 Å². The van der Waals surface area contributed by atoms with Gasteiger partial charge in [-0.05, 0) is 41.3 Å². The Kier molecular flexibility index (Phi) is 8.24. The van der Waals surface area contributed by atoms with E-state index < -0.39 is 30.7 Å². The van der Waals surface area contributed by atoms with Crippen LogP contribution in [0.15, 0.2) is 48.5 Å². The molecule has 0 amide bonds. The van der Waals surface area contributed by atoms with Crippen LogP contribution in [0.5, 0.6) is 23.5 Å². The molecule has 1 aromatic heterocycles. The first-order valence-corrected chi connectivity index (χ1v) is 11.5. The van der Waals surface area contributed by atoms with Crippen molar-refractivity contribution in [3.63, 3.8) is 0 Å². The molecule has 192 valence electrons. The maximum Gasteiger partial charge on any atom is 0.322 e. The Balaban J connectivity index is 1.50. The average Bonchev–Trinajstić information content (AvgIpc) is 2.89. The standard InChI is InChI=1S/C25H27ClN2O8/c1-32-18-12-19(28-25(27-18)34-3)35-16-7-4-13(5-8-16)10-15-11-14(6-9-17(15)26)23-21(30)20(29)22(31)24(33-2)36-23/h4-9,11-12,20-24,29-31H,10H2,1-3H3/t20-,21-,22+,23+,24?/m1/s1. The number of halogens is 1. The lowest BCUT2D eigenvalue weighted by Crippen LogP contribution is -2.54. The second-order valence-corrected chi connectivity index (χ2v) is 8.55. The molecular weight excluding hydrogens is 492 g/mol. The van der Waals surface area contributed by atoms with Gasteiger partial charge in [-0.25, -0.2) is 0 Å². The van der Waals surface area contributed by atoms with Gasteiger partial charge in [-0.15, -0.1) is 0 Å². The van der Waals surface area contributed by atoms with Crippen LogP contribution < -0.4 is 14.2 Å². The highest BCUT2D eigenvalue weighted by Crippen LogP contribution is 2.35. The van der Waals surface area contributed by atoms with Gasteiger partial charge in [-0.3, -0.25) is 0 Å². The molecule has 2 aromatic carbocycles. The third-order valence-electron chi connectivity index (χ3n) is 5.79. The van der Waals surface area contributed by atoms with E-state index in [0.29, 0.717) is 28.6 Å². The summed E-state index contributed by atoms with van der Waals surface area (Å²) in [5.74, 6) is 1.14. The van der Waals surface area contributed by atoms with E-state index in [0.717, 1.165) is 11.1 Å². The average molecular weight is 519 g/mol. The number of rotatable bonds is 8. The topological polar surface area (TPSA) is 133 Å². The zero-order valence-corrected chi connectivity index (χ0v) is 20.6. The summed E-state index contributed by atoms with van der Waals surface area (Å²) in [6, 6.07) is 14.3. The Morgan fingerprint density at radius 3 is 2.25 bits per heavy atom. The van der Waals surface area contributed by atoms with Gasteiger partial charge in [0.15, 0.2) is 6.29 Å². The van der Waals surface area contributed by atoms with Gasteiger partial charge in [-0.1, -0.05) is 35.9 Å². The third-order valence-corrected chi connectivity index (χ3v) is 6.16. The summed E-state index contributed by atoms with van der Waals surface area (Å²) in [6.07, 6.45) is -5.61. The molecule has 1 aliphatic heterocycles. The summed E-state index contributed by atoms with van der Waals surface area (Å²) in [4.78, 5) is 8.19. The van der Waals surface area contributed by atoms with Gasteiger partial charge in [0.25, 0.3) is 0 Å². The molecule has 1 unspecified atom stereocenters. The van der Waals surface area contributed by atoms with Gasteiger partial charge >= 0.3 is 6.01 Å². The van der Waals surface area contributed by atoms with Crippen LogP contribution >= 0.6 is 11.6 Å². The van der Waals surface area contributed by atoms with Crippen molar-refractivity contribution >= 4 is 11.6 Å². The predicted molar refractivity (Wildman–Crippen MR) is 129 cm³/mol. The lowest BCUT2D eigenvalue weighted by molar-refractivity contribution is -0.292. The molecule has 1 aliphatic rings. The molecule has 0 spiro atoms. The number of aliphatic hydroxyl groups is 3. The zero-order valence-electron chi connectivity index (χ0n) is 19.9. The van der Waals surface area contributed by atoms with Crippen LogP contribution in [-0.2, 0) is 15.9 Å². The quantitative estimate of drug-likeness (QED) is 0.408. The lowest BCUT2D eigenvalue weighted by Gasteiger charge is -2.40. The fourth-order valence-electron chi connectivity index (χ4n) is 3.87. The van der Waals surface area contributed by atoms with E-state index in [1.165, 1.54) is 21.3 Å². The Hall–Kier alpha value is -2.99. The van der Waals surface area contributed by atoms with Crippen LogP contribution in [0, 0.1) is 0 Å². The van der Waals surface area contributed by atoms with Gasteiger partial charge in [-0.2, -0.15) is 9.97 Å². The first kappa shape index (κ1) is 26.1. The first-order chi connectivity index (χ1) is 17.3. The summed E-state index contributed by atoms with van der Waals surface area (Å²) in [5.41, 5.74) is 2.34. The van der Waals surface area contributed by atoms with Crippen molar-refractivity contribution in [1.29, 1.82) is 0 Å². The normalized spacial score (nSPS) is 23.8. The van der Waals surface area contributed by atoms with E-state index in [1.54, 1.807) is 36.4 Å². The minimum atomic E-state index is -1.42. The molecule has 5 atom stereocenters. The van der Waals surface area contributed by atoms with Crippen LogP contribution in [0.2, 0.25) is 5.02 Å². The predicted octanol–water partition coefficient (Wildman–Crippen LogP) is 2.66. The van der Waals surface area contributed by atoms with Gasteiger partial charge in [0.05, 0.1) is 20.3 Å². The van der Waals surface area contributed by atoms with E-state index in [2.05, 4.69) is 9.97 Å². The Morgan fingerprint density at radius 1 is 0.861 bits per heavy atom. The summed E-state index contributed by atoms with van der Waals surface area (Å²) < 4.78 is 26.8. The zero-order chi connectivity index (χ0) is 25.8. The molecule has 0 aliphatic carbocycles. The number of hydrogen-bond donors (Lipinski definition) is 3. The van der Waals surface area contributed by atoms with Crippen LogP contribution in [0.4, 0.5) is 0 Å². The maximum absolute atomic E-state index is 10.5. The summed E-state index contributed by atoms with van der Waals surface area (Å²) >= 11 is 6.44.